The molecule has 2 fully saturated rings. The Labute approximate surface area is 153 Å². The Morgan fingerprint density at radius 2 is 1.96 bits per heavy atom. The second kappa shape index (κ2) is 8.32. The SMILES string of the molecule is CC(NC(=O)c1cccs1)C(=O)NC1C2CCCC1CC(N)C2.Cl. The van der Waals surface area contributed by atoms with E-state index in [0.717, 1.165) is 25.7 Å². The molecule has 2 aliphatic carbocycles. The van der Waals surface area contributed by atoms with Gasteiger partial charge in [0.1, 0.15) is 6.04 Å². The van der Waals surface area contributed by atoms with E-state index in [1.54, 1.807) is 13.0 Å². The van der Waals surface area contributed by atoms with Crippen molar-refractivity contribution in [2.24, 2.45) is 17.6 Å². The van der Waals surface area contributed by atoms with Gasteiger partial charge in [0.05, 0.1) is 4.88 Å². The topological polar surface area (TPSA) is 84.2 Å². The van der Waals surface area contributed by atoms with E-state index in [9.17, 15) is 9.59 Å². The van der Waals surface area contributed by atoms with Crippen LogP contribution in [0.25, 0.3) is 0 Å². The number of thiophene rings is 1. The average molecular weight is 372 g/mol. The van der Waals surface area contributed by atoms with Gasteiger partial charge in [0.2, 0.25) is 5.91 Å². The monoisotopic (exact) mass is 371 g/mol. The maximum absolute atomic E-state index is 12.5. The highest BCUT2D eigenvalue weighted by molar-refractivity contribution is 7.12. The summed E-state index contributed by atoms with van der Waals surface area (Å²) in [6.45, 7) is 1.74. The van der Waals surface area contributed by atoms with Crippen LogP contribution in [0.3, 0.4) is 0 Å². The van der Waals surface area contributed by atoms with Gasteiger partial charge in [-0.2, -0.15) is 0 Å². The molecule has 0 radical (unpaired) electrons. The molecule has 2 amide bonds. The molecule has 3 rings (SSSR count). The number of halogens is 1. The van der Waals surface area contributed by atoms with Crippen molar-refractivity contribution >= 4 is 35.6 Å². The minimum absolute atomic E-state index is 0. The molecule has 1 heterocycles. The van der Waals surface area contributed by atoms with Gasteiger partial charge < -0.3 is 16.4 Å². The number of hydrogen-bond donors (Lipinski definition) is 3. The van der Waals surface area contributed by atoms with Crippen LogP contribution in [-0.4, -0.2) is 29.9 Å². The Morgan fingerprint density at radius 1 is 1.29 bits per heavy atom. The van der Waals surface area contributed by atoms with E-state index in [1.807, 2.05) is 11.4 Å². The Balaban J connectivity index is 0.00000208. The third kappa shape index (κ3) is 4.29. The molecular weight excluding hydrogens is 346 g/mol. The highest BCUT2D eigenvalue weighted by atomic mass is 35.5. The second-order valence-electron chi connectivity index (χ2n) is 6.89. The van der Waals surface area contributed by atoms with Gasteiger partial charge in [-0.15, -0.1) is 23.7 Å². The molecule has 0 saturated heterocycles. The second-order valence-corrected chi connectivity index (χ2v) is 7.84. The molecule has 2 bridgehead atoms. The molecule has 3 unspecified atom stereocenters. The van der Waals surface area contributed by atoms with Crippen molar-refractivity contribution in [2.45, 2.75) is 57.2 Å². The van der Waals surface area contributed by atoms with Crippen molar-refractivity contribution in [3.63, 3.8) is 0 Å². The van der Waals surface area contributed by atoms with Crippen LogP contribution in [0.2, 0.25) is 0 Å². The molecule has 0 spiro atoms. The minimum Gasteiger partial charge on any atom is -0.351 e. The van der Waals surface area contributed by atoms with Crippen molar-refractivity contribution in [1.82, 2.24) is 10.6 Å². The third-order valence-electron chi connectivity index (χ3n) is 5.17. The summed E-state index contributed by atoms with van der Waals surface area (Å²) in [6, 6.07) is 3.56. The quantitative estimate of drug-likeness (QED) is 0.759. The molecule has 2 saturated carbocycles. The Kier molecular flexibility index (Phi) is 6.66. The molecule has 0 aliphatic heterocycles. The van der Waals surface area contributed by atoms with Crippen molar-refractivity contribution in [2.75, 3.05) is 0 Å². The molecule has 1 aromatic rings. The van der Waals surface area contributed by atoms with Crippen molar-refractivity contribution in [1.29, 1.82) is 0 Å². The maximum Gasteiger partial charge on any atom is 0.261 e. The summed E-state index contributed by atoms with van der Waals surface area (Å²) in [5, 5.41) is 7.82. The van der Waals surface area contributed by atoms with Gasteiger partial charge in [-0.3, -0.25) is 9.59 Å². The fourth-order valence-electron chi connectivity index (χ4n) is 4.06. The Bertz CT molecular complexity index is 552. The minimum atomic E-state index is -0.527. The Morgan fingerprint density at radius 3 is 2.54 bits per heavy atom. The summed E-state index contributed by atoms with van der Waals surface area (Å²) in [7, 11) is 0. The first-order chi connectivity index (χ1) is 11.0. The molecular formula is C17H26ClN3O2S. The van der Waals surface area contributed by atoms with Gasteiger partial charge in [-0.1, -0.05) is 12.5 Å². The number of carbonyl (C=O) groups excluding carboxylic acids is 2. The zero-order valence-corrected chi connectivity index (χ0v) is 15.5. The largest absolute Gasteiger partial charge is 0.351 e. The van der Waals surface area contributed by atoms with Gasteiger partial charge in [0.25, 0.3) is 5.91 Å². The predicted molar refractivity (Wildman–Crippen MR) is 98.5 cm³/mol. The molecule has 4 N–H and O–H groups in total. The number of rotatable bonds is 4. The fraction of sp³-hybridized carbons (Fsp3) is 0.647. The molecule has 7 heteroatoms. The van der Waals surface area contributed by atoms with Crippen LogP contribution in [0.5, 0.6) is 0 Å². The number of hydrogen-bond acceptors (Lipinski definition) is 4. The standard InChI is InChI=1S/C17H25N3O2S.ClH/c1-10(19-17(22)14-6-3-7-23-14)16(21)20-15-11-4-2-5-12(15)9-13(18)8-11;/h3,6-7,10-13,15H,2,4-5,8-9,18H2,1H3,(H,19,22)(H,20,21);1H. The Hall–Kier alpha value is -1.11. The molecule has 134 valence electrons. The first-order valence-electron chi connectivity index (χ1n) is 8.45. The predicted octanol–water partition coefficient (Wildman–Crippen LogP) is 2.31. The summed E-state index contributed by atoms with van der Waals surface area (Å²) in [5.41, 5.74) is 6.13. The molecule has 1 aromatic heterocycles. The highest BCUT2D eigenvalue weighted by Gasteiger charge is 2.40. The lowest BCUT2D eigenvalue weighted by molar-refractivity contribution is -0.124. The van der Waals surface area contributed by atoms with Crippen molar-refractivity contribution < 1.29 is 9.59 Å². The maximum atomic E-state index is 12.5. The summed E-state index contributed by atoms with van der Waals surface area (Å²) in [4.78, 5) is 25.2. The normalized spacial score (nSPS) is 29.9. The van der Waals surface area contributed by atoms with Crippen molar-refractivity contribution in [3.05, 3.63) is 22.4 Å². The summed E-state index contributed by atoms with van der Waals surface area (Å²) in [6.07, 6.45) is 5.52. The lowest BCUT2D eigenvalue weighted by Crippen LogP contribution is -2.57. The number of fused-ring (bicyclic) bond motifs is 2. The van der Waals surface area contributed by atoms with E-state index in [2.05, 4.69) is 10.6 Å². The average Bonchev–Trinajstić information content (AvgIpc) is 3.02. The number of carbonyl (C=O) groups is 2. The van der Waals surface area contributed by atoms with Crippen LogP contribution in [0.4, 0.5) is 0 Å². The third-order valence-corrected chi connectivity index (χ3v) is 6.04. The smallest absolute Gasteiger partial charge is 0.261 e. The van der Waals surface area contributed by atoms with Crippen LogP contribution < -0.4 is 16.4 Å². The first-order valence-corrected chi connectivity index (χ1v) is 9.33. The van der Waals surface area contributed by atoms with E-state index in [4.69, 9.17) is 5.73 Å². The molecule has 0 aromatic carbocycles. The number of amides is 2. The van der Waals surface area contributed by atoms with E-state index < -0.39 is 6.04 Å². The number of nitrogens with one attached hydrogen (secondary N) is 2. The molecule has 5 nitrogen and oxygen atoms in total. The highest BCUT2D eigenvalue weighted by Crippen LogP contribution is 2.39. The fourth-order valence-corrected chi connectivity index (χ4v) is 4.68. The van der Waals surface area contributed by atoms with Crippen LogP contribution in [0.15, 0.2) is 17.5 Å². The van der Waals surface area contributed by atoms with E-state index >= 15 is 0 Å². The zero-order chi connectivity index (χ0) is 16.4. The van der Waals surface area contributed by atoms with Crippen LogP contribution in [0, 0.1) is 11.8 Å². The molecule has 2 aliphatic rings. The van der Waals surface area contributed by atoms with Crippen molar-refractivity contribution in [3.8, 4) is 0 Å². The van der Waals surface area contributed by atoms with E-state index in [0.29, 0.717) is 16.7 Å². The number of nitrogens with two attached hydrogens (primary N) is 1. The summed E-state index contributed by atoms with van der Waals surface area (Å²) < 4.78 is 0. The lowest BCUT2D eigenvalue weighted by Gasteiger charge is -2.45. The van der Waals surface area contributed by atoms with Crippen LogP contribution in [-0.2, 0) is 4.79 Å². The van der Waals surface area contributed by atoms with Gasteiger partial charge in [0, 0.05) is 12.1 Å². The van der Waals surface area contributed by atoms with Gasteiger partial charge in [0.15, 0.2) is 0 Å². The van der Waals surface area contributed by atoms with Crippen LogP contribution >= 0.6 is 23.7 Å². The van der Waals surface area contributed by atoms with E-state index in [-0.39, 0.29) is 36.3 Å². The summed E-state index contributed by atoms with van der Waals surface area (Å²) >= 11 is 1.38. The lowest BCUT2D eigenvalue weighted by atomic mass is 9.67. The van der Waals surface area contributed by atoms with Gasteiger partial charge in [-0.25, -0.2) is 0 Å². The zero-order valence-electron chi connectivity index (χ0n) is 13.9. The molecule has 24 heavy (non-hydrogen) atoms. The summed E-state index contributed by atoms with van der Waals surface area (Å²) in [5.74, 6) is 0.698. The first kappa shape index (κ1) is 19.2. The van der Waals surface area contributed by atoms with E-state index in [1.165, 1.54) is 17.8 Å². The van der Waals surface area contributed by atoms with Gasteiger partial charge >= 0.3 is 0 Å². The molecule has 3 atom stereocenters. The van der Waals surface area contributed by atoms with Crippen LogP contribution in [0.1, 0.15) is 48.7 Å². The van der Waals surface area contributed by atoms with Gasteiger partial charge in [-0.05, 0) is 55.9 Å².